The number of rotatable bonds is 7. The average Bonchev–Trinajstić information content (AvgIpc) is 3.56. The molecule has 44 heavy (non-hydrogen) atoms. The number of ether oxygens (including phenoxy) is 1. The lowest BCUT2D eigenvalue weighted by Gasteiger charge is -2.31. The van der Waals surface area contributed by atoms with E-state index in [4.69, 9.17) is 9.26 Å². The lowest BCUT2D eigenvalue weighted by Crippen LogP contribution is -2.49. The molecule has 1 saturated heterocycles. The molecule has 0 amide bonds. The van der Waals surface area contributed by atoms with Gasteiger partial charge in [0.25, 0.3) is 10.0 Å². The van der Waals surface area contributed by atoms with Gasteiger partial charge in [0, 0.05) is 42.6 Å². The summed E-state index contributed by atoms with van der Waals surface area (Å²) in [5.74, 6) is 0.478. The number of nitrogens with one attached hydrogen (secondary N) is 2. The molecule has 0 radical (unpaired) electrons. The summed E-state index contributed by atoms with van der Waals surface area (Å²) in [5.41, 5.74) is 0.439. The Bertz CT molecular complexity index is 1920. The number of halogens is 3. The Morgan fingerprint density at radius 1 is 1.14 bits per heavy atom. The van der Waals surface area contributed by atoms with Crippen LogP contribution in [0.5, 0.6) is 0 Å². The van der Waals surface area contributed by atoms with Gasteiger partial charge >= 0.3 is 6.18 Å². The van der Waals surface area contributed by atoms with Crippen LogP contribution in [0.15, 0.2) is 70.3 Å². The Balaban J connectivity index is 1.58. The summed E-state index contributed by atoms with van der Waals surface area (Å²) < 4.78 is 83.0. The molecular formula is C30H29F3N6O4S. The van der Waals surface area contributed by atoms with Crippen molar-refractivity contribution in [1.82, 2.24) is 24.4 Å². The van der Waals surface area contributed by atoms with Crippen molar-refractivity contribution in [2.45, 2.75) is 43.5 Å². The van der Waals surface area contributed by atoms with Crippen LogP contribution in [0, 0.1) is 13.8 Å². The molecule has 1 aliphatic rings. The van der Waals surface area contributed by atoms with Gasteiger partial charge in [0.2, 0.25) is 5.95 Å². The molecule has 2 aromatic carbocycles. The highest BCUT2D eigenvalue weighted by molar-refractivity contribution is 7.90. The van der Waals surface area contributed by atoms with Crippen molar-refractivity contribution in [3.63, 3.8) is 0 Å². The first-order valence-corrected chi connectivity index (χ1v) is 15.3. The molecule has 0 spiro atoms. The molecule has 4 heterocycles. The number of benzene rings is 2. The Morgan fingerprint density at radius 2 is 1.91 bits per heavy atom. The van der Waals surface area contributed by atoms with E-state index in [2.05, 4.69) is 25.8 Å². The number of anilines is 1. The SMILES string of the molecule is COC1CCNCC1Nc1ncc(C(F)(F)F)c(-c2cn(S(=O)(=O)c3ccccc3)c3cc(-c4c(C)noc4C)ccc23)n1. The second kappa shape index (κ2) is 11.3. The molecule has 1 fully saturated rings. The highest BCUT2D eigenvalue weighted by atomic mass is 32.2. The second-order valence-electron chi connectivity index (χ2n) is 10.6. The van der Waals surface area contributed by atoms with Crippen molar-refractivity contribution in [1.29, 1.82) is 0 Å². The third-order valence-corrected chi connectivity index (χ3v) is 9.47. The van der Waals surface area contributed by atoms with Crippen LogP contribution in [0.1, 0.15) is 23.4 Å². The lowest BCUT2D eigenvalue weighted by atomic mass is 10.0. The van der Waals surface area contributed by atoms with Crippen LogP contribution in [0.25, 0.3) is 33.3 Å². The van der Waals surface area contributed by atoms with E-state index in [0.717, 1.165) is 16.7 Å². The minimum atomic E-state index is -4.82. The Morgan fingerprint density at radius 3 is 2.59 bits per heavy atom. The first-order valence-electron chi connectivity index (χ1n) is 13.8. The minimum absolute atomic E-state index is 0.0207. The quantitative estimate of drug-likeness (QED) is 0.244. The van der Waals surface area contributed by atoms with Gasteiger partial charge in [-0.1, -0.05) is 35.5 Å². The monoisotopic (exact) mass is 626 g/mol. The van der Waals surface area contributed by atoms with Gasteiger partial charge in [-0.05, 0) is 50.6 Å². The summed E-state index contributed by atoms with van der Waals surface area (Å²) in [6, 6.07) is 12.3. The van der Waals surface area contributed by atoms with E-state index >= 15 is 0 Å². The molecule has 0 aliphatic carbocycles. The first kappa shape index (κ1) is 29.8. The molecular weight excluding hydrogens is 597 g/mol. The highest BCUT2D eigenvalue weighted by Gasteiger charge is 2.37. The van der Waals surface area contributed by atoms with Gasteiger partial charge in [-0.15, -0.1) is 0 Å². The molecule has 5 aromatic rings. The van der Waals surface area contributed by atoms with E-state index in [1.54, 1.807) is 57.4 Å². The second-order valence-corrected chi connectivity index (χ2v) is 12.4. The van der Waals surface area contributed by atoms with Crippen LogP contribution in [0.4, 0.5) is 19.1 Å². The number of hydrogen-bond donors (Lipinski definition) is 2. The Kier molecular flexibility index (Phi) is 7.68. The number of piperidine rings is 1. The van der Waals surface area contributed by atoms with Gasteiger partial charge in [-0.25, -0.2) is 22.4 Å². The smallest absolute Gasteiger partial charge is 0.379 e. The van der Waals surface area contributed by atoms with E-state index < -0.39 is 27.5 Å². The van der Waals surface area contributed by atoms with Crippen molar-refractivity contribution >= 4 is 26.9 Å². The molecule has 0 saturated carbocycles. The number of aryl methyl sites for hydroxylation is 2. The topological polar surface area (TPSA) is 124 Å². The lowest BCUT2D eigenvalue weighted by molar-refractivity contribution is -0.137. The van der Waals surface area contributed by atoms with Crippen LogP contribution in [0.2, 0.25) is 0 Å². The fourth-order valence-corrected chi connectivity index (χ4v) is 7.02. The third-order valence-electron chi connectivity index (χ3n) is 7.78. The maximum atomic E-state index is 14.4. The largest absolute Gasteiger partial charge is 0.419 e. The van der Waals surface area contributed by atoms with Gasteiger partial charge in [-0.2, -0.15) is 13.2 Å². The van der Waals surface area contributed by atoms with Crippen LogP contribution >= 0.6 is 0 Å². The van der Waals surface area contributed by atoms with Gasteiger partial charge in [-0.3, -0.25) is 0 Å². The fraction of sp³-hybridized carbons (Fsp3) is 0.300. The maximum absolute atomic E-state index is 14.4. The van der Waals surface area contributed by atoms with Crippen molar-refractivity contribution < 1.29 is 30.8 Å². The molecule has 230 valence electrons. The van der Waals surface area contributed by atoms with Crippen molar-refractivity contribution in [3.8, 4) is 22.4 Å². The van der Waals surface area contributed by atoms with E-state index in [1.165, 1.54) is 18.3 Å². The number of methoxy groups -OCH3 is 1. The molecule has 2 unspecified atom stereocenters. The van der Waals surface area contributed by atoms with Gasteiger partial charge in [0.15, 0.2) is 0 Å². The maximum Gasteiger partial charge on any atom is 0.419 e. The Hall–Kier alpha value is -4.27. The number of nitrogens with zero attached hydrogens (tertiary/aromatic N) is 4. The number of hydrogen-bond acceptors (Lipinski definition) is 9. The minimum Gasteiger partial charge on any atom is -0.379 e. The zero-order chi connectivity index (χ0) is 31.2. The predicted octanol–water partition coefficient (Wildman–Crippen LogP) is 5.41. The molecule has 6 rings (SSSR count). The van der Waals surface area contributed by atoms with Gasteiger partial charge in [0.05, 0.1) is 33.9 Å². The summed E-state index contributed by atoms with van der Waals surface area (Å²) in [5, 5.41) is 10.6. The predicted molar refractivity (Wildman–Crippen MR) is 158 cm³/mol. The van der Waals surface area contributed by atoms with E-state index in [9.17, 15) is 21.6 Å². The third kappa shape index (κ3) is 5.33. The van der Waals surface area contributed by atoms with Crippen molar-refractivity contribution in [3.05, 3.63) is 77.9 Å². The molecule has 0 bridgehead atoms. The zero-order valence-electron chi connectivity index (χ0n) is 24.0. The van der Waals surface area contributed by atoms with E-state index in [1.807, 2.05) is 0 Å². The van der Waals surface area contributed by atoms with Gasteiger partial charge in [0.1, 0.15) is 11.3 Å². The number of aromatic nitrogens is 4. The normalized spacial score (nSPS) is 17.7. The highest BCUT2D eigenvalue weighted by Crippen LogP contribution is 2.41. The van der Waals surface area contributed by atoms with E-state index in [0.29, 0.717) is 35.5 Å². The Labute approximate surface area is 251 Å². The number of alkyl halides is 3. The van der Waals surface area contributed by atoms with Crippen LogP contribution in [0.3, 0.4) is 0 Å². The average molecular weight is 627 g/mol. The summed E-state index contributed by atoms with van der Waals surface area (Å²) in [7, 11) is -2.67. The van der Waals surface area contributed by atoms with Gasteiger partial charge < -0.3 is 19.9 Å². The number of fused-ring (bicyclic) bond motifs is 1. The molecule has 2 N–H and O–H groups in total. The summed E-state index contributed by atoms with van der Waals surface area (Å²) in [4.78, 5) is 8.28. The summed E-state index contributed by atoms with van der Waals surface area (Å²) in [6.45, 7) is 4.71. The van der Waals surface area contributed by atoms with Crippen molar-refractivity contribution in [2.24, 2.45) is 0 Å². The molecule has 3 aromatic heterocycles. The first-order chi connectivity index (χ1) is 21.0. The standard InChI is InChI=1S/C30H29F3N6O4S/c1-17-27(18(2)43-38-17)19-9-10-21-22(16-39(25(21)13-19)44(40,41)20-7-5-4-6-8-20)28-23(30(31,32)33)14-35-29(37-28)36-24-15-34-12-11-26(24)42-3/h4-10,13-14,16,24,26,34H,11-12,15H2,1-3H3,(H,35,36,37). The fourth-order valence-electron chi connectivity index (χ4n) is 5.63. The zero-order valence-corrected chi connectivity index (χ0v) is 24.8. The molecule has 14 heteroatoms. The van der Waals surface area contributed by atoms with Crippen LogP contribution in [-0.2, 0) is 20.9 Å². The molecule has 2 atom stereocenters. The van der Waals surface area contributed by atoms with Crippen molar-refractivity contribution in [2.75, 3.05) is 25.5 Å². The summed E-state index contributed by atoms with van der Waals surface area (Å²) in [6.07, 6.45) is -2.42. The van der Waals surface area contributed by atoms with Crippen LogP contribution in [-0.4, -0.2) is 59.9 Å². The summed E-state index contributed by atoms with van der Waals surface area (Å²) >= 11 is 0. The molecule has 10 nitrogen and oxygen atoms in total. The van der Waals surface area contributed by atoms with E-state index in [-0.39, 0.29) is 39.5 Å². The molecule has 1 aliphatic heterocycles. The van der Waals surface area contributed by atoms with Crippen LogP contribution < -0.4 is 10.6 Å².